The molecule has 2 rings (SSSR count). The van der Waals surface area contributed by atoms with Crippen LogP contribution in [0.3, 0.4) is 0 Å². The van der Waals surface area contributed by atoms with Gasteiger partial charge in [-0.1, -0.05) is 25.4 Å². The number of anilines is 1. The van der Waals surface area contributed by atoms with Gasteiger partial charge in [-0.2, -0.15) is 0 Å². The molecule has 19 heavy (non-hydrogen) atoms. The second-order valence-corrected chi connectivity index (χ2v) is 5.81. The van der Waals surface area contributed by atoms with Gasteiger partial charge in [-0.05, 0) is 37.9 Å². The van der Waals surface area contributed by atoms with E-state index in [4.69, 9.17) is 11.6 Å². The van der Waals surface area contributed by atoms with Crippen molar-refractivity contribution in [3.8, 4) is 0 Å². The van der Waals surface area contributed by atoms with Crippen LogP contribution in [0.5, 0.6) is 0 Å². The van der Waals surface area contributed by atoms with Crippen molar-refractivity contribution < 1.29 is 4.79 Å². The van der Waals surface area contributed by atoms with E-state index in [1.807, 2.05) is 13.8 Å². The van der Waals surface area contributed by atoms with E-state index in [1.165, 1.54) is 6.20 Å². The van der Waals surface area contributed by atoms with Gasteiger partial charge in [0.05, 0.1) is 0 Å². The first-order valence-corrected chi connectivity index (χ1v) is 6.88. The highest BCUT2D eigenvalue weighted by atomic mass is 35.5. The molecule has 1 unspecified atom stereocenters. The van der Waals surface area contributed by atoms with Crippen molar-refractivity contribution in [2.45, 2.75) is 26.7 Å². The van der Waals surface area contributed by atoms with Crippen LogP contribution in [0.4, 0.5) is 5.95 Å². The average molecular weight is 283 g/mol. The number of rotatable bonds is 3. The third-order valence-electron chi connectivity index (χ3n) is 3.75. The molecule has 1 aliphatic heterocycles. The monoisotopic (exact) mass is 282 g/mol. The van der Waals surface area contributed by atoms with Crippen molar-refractivity contribution in [3.05, 3.63) is 17.4 Å². The van der Waals surface area contributed by atoms with Gasteiger partial charge in [-0.25, -0.2) is 9.97 Å². The number of carbonyl (C=O) groups excluding carboxylic acids is 1. The topological polar surface area (TPSA) is 66.9 Å². The molecule has 1 atom stereocenters. The molecule has 1 aliphatic rings. The van der Waals surface area contributed by atoms with E-state index in [1.54, 1.807) is 6.07 Å². The summed E-state index contributed by atoms with van der Waals surface area (Å²) in [6.07, 6.45) is 3.69. The smallest absolute Gasteiger partial charge is 0.232 e. The maximum absolute atomic E-state index is 12.4. The van der Waals surface area contributed by atoms with Crippen molar-refractivity contribution in [2.24, 2.45) is 11.3 Å². The van der Waals surface area contributed by atoms with Crippen molar-refractivity contribution in [3.63, 3.8) is 0 Å². The Morgan fingerprint density at radius 1 is 1.58 bits per heavy atom. The fourth-order valence-electron chi connectivity index (χ4n) is 2.31. The Kier molecular flexibility index (Phi) is 4.37. The summed E-state index contributed by atoms with van der Waals surface area (Å²) in [7, 11) is 0. The summed E-state index contributed by atoms with van der Waals surface area (Å²) in [5.41, 5.74) is -0.459. The van der Waals surface area contributed by atoms with Gasteiger partial charge in [0, 0.05) is 11.6 Å². The van der Waals surface area contributed by atoms with Crippen LogP contribution in [0.15, 0.2) is 12.3 Å². The zero-order valence-electron chi connectivity index (χ0n) is 11.2. The zero-order valence-corrected chi connectivity index (χ0v) is 12.0. The number of nitrogens with zero attached hydrogens (tertiary/aromatic N) is 2. The average Bonchev–Trinajstić information content (AvgIpc) is 2.39. The predicted octanol–water partition coefficient (Wildman–Crippen LogP) is 2.09. The molecule has 1 amide bonds. The van der Waals surface area contributed by atoms with Gasteiger partial charge < -0.3 is 5.32 Å². The van der Waals surface area contributed by atoms with E-state index in [0.717, 1.165) is 25.9 Å². The molecule has 6 heteroatoms. The minimum absolute atomic E-state index is 0.0662. The molecule has 1 aromatic rings. The molecular weight excluding hydrogens is 264 g/mol. The summed E-state index contributed by atoms with van der Waals surface area (Å²) in [6.45, 7) is 5.83. The number of aromatic nitrogens is 2. The van der Waals surface area contributed by atoms with Crippen LogP contribution in [-0.4, -0.2) is 29.0 Å². The van der Waals surface area contributed by atoms with E-state index in [9.17, 15) is 4.79 Å². The summed E-state index contributed by atoms with van der Waals surface area (Å²) in [6, 6.07) is 1.58. The molecule has 2 N–H and O–H groups in total. The Hall–Kier alpha value is -1.20. The lowest BCUT2D eigenvalue weighted by Gasteiger charge is -2.35. The molecule has 0 saturated carbocycles. The lowest BCUT2D eigenvalue weighted by Crippen LogP contribution is -2.45. The molecule has 1 aromatic heterocycles. The molecule has 0 spiro atoms. The molecule has 0 bridgehead atoms. The van der Waals surface area contributed by atoms with Crippen LogP contribution in [0.2, 0.25) is 5.15 Å². The van der Waals surface area contributed by atoms with Gasteiger partial charge in [-0.15, -0.1) is 0 Å². The zero-order chi connectivity index (χ0) is 13.9. The molecule has 0 aromatic carbocycles. The normalized spacial score (nSPS) is 20.1. The van der Waals surface area contributed by atoms with Crippen LogP contribution < -0.4 is 10.6 Å². The standard InChI is InChI=1S/C13H19ClN4O/c1-13(2,9-4-3-6-15-8-9)11(19)18-12-16-7-5-10(14)17-12/h5,7,9,15H,3-4,6,8H2,1-2H3,(H,16,17,18,19). The molecule has 0 radical (unpaired) electrons. The SMILES string of the molecule is CC(C)(C(=O)Nc1nccc(Cl)n1)C1CCCNC1. The lowest BCUT2D eigenvalue weighted by atomic mass is 9.74. The maximum atomic E-state index is 12.4. The number of hydrogen-bond acceptors (Lipinski definition) is 4. The molecule has 2 heterocycles. The second-order valence-electron chi connectivity index (χ2n) is 5.42. The van der Waals surface area contributed by atoms with Crippen LogP contribution >= 0.6 is 11.6 Å². The Morgan fingerprint density at radius 2 is 2.37 bits per heavy atom. The largest absolute Gasteiger partial charge is 0.316 e. The van der Waals surface area contributed by atoms with Crippen molar-refractivity contribution >= 4 is 23.5 Å². The first-order valence-electron chi connectivity index (χ1n) is 6.51. The van der Waals surface area contributed by atoms with Gasteiger partial charge in [-0.3, -0.25) is 10.1 Å². The fraction of sp³-hybridized carbons (Fsp3) is 0.615. The summed E-state index contributed by atoms with van der Waals surface area (Å²) < 4.78 is 0. The van der Waals surface area contributed by atoms with Gasteiger partial charge in [0.25, 0.3) is 0 Å². The quantitative estimate of drug-likeness (QED) is 0.833. The maximum Gasteiger partial charge on any atom is 0.232 e. The van der Waals surface area contributed by atoms with Gasteiger partial charge in [0.2, 0.25) is 11.9 Å². The summed E-state index contributed by atoms with van der Waals surface area (Å²) in [4.78, 5) is 20.4. The molecule has 5 nitrogen and oxygen atoms in total. The van der Waals surface area contributed by atoms with E-state index < -0.39 is 5.41 Å². The Balaban J connectivity index is 2.05. The number of amides is 1. The Bertz CT molecular complexity index is 458. The van der Waals surface area contributed by atoms with Crippen molar-refractivity contribution in [1.29, 1.82) is 0 Å². The minimum Gasteiger partial charge on any atom is -0.316 e. The van der Waals surface area contributed by atoms with Crippen LogP contribution in [0.25, 0.3) is 0 Å². The molecule has 104 valence electrons. The fourth-order valence-corrected chi connectivity index (χ4v) is 2.45. The van der Waals surface area contributed by atoms with Crippen LogP contribution in [0, 0.1) is 11.3 Å². The molecular formula is C13H19ClN4O. The van der Waals surface area contributed by atoms with Crippen molar-refractivity contribution in [1.82, 2.24) is 15.3 Å². The highest BCUT2D eigenvalue weighted by Crippen LogP contribution is 2.32. The number of halogens is 1. The number of hydrogen-bond donors (Lipinski definition) is 2. The highest BCUT2D eigenvalue weighted by Gasteiger charge is 2.37. The molecule has 1 fully saturated rings. The van der Waals surface area contributed by atoms with Gasteiger partial charge >= 0.3 is 0 Å². The summed E-state index contributed by atoms with van der Waals surface area (Å²) in [5.74, 6) is 0.512. The predicted molar refractivity (Wildman–Crippen MR) is 75.0 cm³/mol. The second kappa shape index (κ2) is 5.84. The molecule has 0 aliphatic carbocycles. The third kappa shape index (κ3) is 3.42. The number of piperidine rings is 1. The van der Waals surface area contributed by atoms with Crippen molar-refractivity contribution in [2.75, 3.05) is 18.4 Å². The van der Waals surface area contributed by atoms with Crippen LogP contribution in [-0.2, 0) is 4.79 Å². The van der Waals surface area contributed by atoms with E-state index in [0.29, 0.717) is 11.1 Å². The number of carbonyl (C=O) groups is 1. The third-order valence-corrected chi connectivity index (χ3v) is 3.96. The van der Waals surface area contributed by atoms with E-state index in [-0.39, 0.29) is 11.9 Å². The van der Waals surface area contributed by atoms with E-state index in [2.05, 4.69) is 20.6 Å². The number of nitrogens with one attached hydrogen (secondary N) is 2. The lowest BCUT2D eigenvalue weighted by molar-refractivity contribution is -0.127. The Labute approximate surface area is 118 Å². The van der Waals surface area contributed by atoms with Gasteiger partial charge in [0.1, 0.15) is 5.15 Å². The summed E-state index contributed by atoms with van der Waals surface area (Å²) >= 11 is 5.78. The highest BCUT2D eigenvalue weighted by molar-refractivity contribution is 6.29. The minimum atomic E-state index is -0.459. The van der Waals surface area contributed by atoms with E-state index >= 15 is 0 Å². The molecule has 1 saturated heterocycles. The first kappa shape index (κ1) is 14.2. The van der Waals surface area contributed by atoms with Crippen LogP contribution in [0.1, 0.15) is 26.7 Å². The summed E-state index contributed by atoms with van der Waals surface area (Å²) in [5, 5.41) is 6.41. The Morgan fingerprint density at radius 3 is 3.00 bits per heavy atom. The van der Waals surface area contributed by atoms with Gasteiger partial charge in [0.15, 0.2) is 0 Å². The first-order chi connectivity index (χ1) is 9.00.